The first kappa shape index (κ1) is 15.1. The number of halogens is 2. The van der Waals surface area contributed by atoms with Crippen LogP contribution in [0.2, 0.25) is 0 Å². The lowest BCUT2D eigenvalue weighted by atomic mass is 9.93. The van der Waals surface area contributed by atoms with E-state index < -0.39 is 0 Å². The van der Waals surface area contributed by atoms with E-state index in [2.05, 4.69) is 23.0 Å². The Morgan fingerprint density at radius 3 is 1.58 bits per heavy atom. The van der Waals surface area contributed by atoms with Crippen LogP contribution in [0.4, 0.5) is 8.78 Å². The van der Waals surface area contributed by atoms with E-state index in [-0.39, 0.29) is 23.5 Å². The fraction of sp³-hybridized carbons (Fsp3) is 0.0909. The zero-order chi connectivity index (χ0) is 17.4. The summed E-state index contributed by atoms with van der Waals surface area (Å²) in [7, 11) is 0. The Kier molecular flexibility index (Phi) is 3.04. The van der Waals surface area contributed by atoms with Crippen LogP contribution in [0.3, 0.4) is 0 Å². The molecule has 0 nitrogen and oxygen atoms in total. The van der Waals surface area contributed by atoms with Crippen LogP contribution < -0.4 is 0 Å². The second kappa shape index (κ2) is 5.24. The molecular formula is C22H12F2S2. The standard InChI is InChI=1S/C22H12F2S2/c23-15-5-1-3-11-13-7-9-25-21(13)19(17(11)15)20-18-12(4-2-6-16(18)24)14-8-10-26-22(14)20/h1-10,13-14H. The van der Waals surface area contributed by atoms with Crippen molar-refractivity contribution in [1.82, 2.24) is 0 Å². The lowest BCUT2D eigenvalue weighted by molar-refractivity contribution is 0.621. The number of benzene rings is 2. The van der Waals surface area contributed by atoms with Crippen molar-refractivity contribution in [2.45, 2.75) is 11.8 Å². The molecule has 0 N–H and O–H groups in total. The first-order chi connectivity index (χ1) is 12.8. The van der Waals surface area contributed by atoms with E-state index in [9.17, 15) is 8.78 Å². The molecule has 0 saturated carbocycles. The maximum Gasteiger partial charge on any atom is 0.131 e. The van der Waals surface area contributed by atoms with Gasteiger partial charge in [0, 0.05) is 43.9 Å². The third-order valence-corrected chi connectivity index (χ3v) is 7.51. The topological polar surface area (TPSA) is 0 Å². The molecule has 0 aromatic heterocycles. The highest BCUT2D eigenvalue weighted by Gasteiger charge is 2.42. The van der Waals surface area contributed by atoms with Crippen LogP contribution in [0.25, 0.3) is 11.1 Å². The highest BCUT2D eigenvalue weighted by molar-refractivity contribution is 8.06. The summed E-state index contributed by atoms with van der Waals surface area (Å²) in [4.78, 5) is 2.24. The van der Waals surface area contributed by atoms with E-state index in [1.54, 1.807) is 35.7 Å². The Bertz CT molecular complexity index is 1030. The second-order valence-electron chi connectivity index (χ2n) is 6.73. The predicted octanol–water partition coefficient (Wildman–Crippen LogP) is 6.80. The lowest BCUT2D eigenvalue weighted by Gasteiger charge is -2.14. The van der Waals surface area contributed by atoms with Gasteiger partial charge in [0.1, 0.15) is 11.6 Å². The van der Waals surface area contributed by atoms with E-state index in [1.165, 1.54) is 12.1 Å². The molecule has 0 fully saturated rings. The van der Waals surface area contributed by atoms with Gasteiger partial charge in [-0.25, -0.2) is 8.78 Å². The van der Waals surface area contributed by atoms with E-state index in [0.29, 0.717) is 11.1 Å². The summed E-state index contributed by atoms with van der Waals surface area (Å²) in [6.45, 7) is 0. The molecule has 4 aliphatic rings. The molecule has 26 heavy (non-hydrogen) atoms. The van der Waals surface area contributed by atoms with Crippen molar-refractivity contribution in [1.29, 1.82) is 0 Å². The predicted molar refractivity (Wildman–Crippen MR) is 106 cm³/mol. The number of allylic oxidation sites excluding steroid dienone is 6. The van der Waals surface area contributed by atoms with Gasteiger partial charge in [-0.3, -0.25) is 0 Å². The van der Waals surface area contributed by atoms with Crippen molar-refractivity contribution in [2.75, 3.05) is 0 Å². The van der Waals surface area contributed by atoms with Crippen LogP contribution >= 0.6 is 23.5 Å². The summed E-state index contributed by atoms with van der Waals surface area (Å²) in [5.41, 5.74) is 5.04. The van der Waals surface area contributed by atoms with Gasteiger partial charge in [-0.2, -0.15) is 0 Å². The van der Waals surface area contributed by atoms with Gasteiger partial charge in [-0.05, 0) is 34.1 Å². The monoisotopic (exact) mass is 378 g/mol. The summed E-state index contributed by atoms with van der Waals surface area (Å²) in [6.07, 6.45) is 4.23. The molecule has 2 aliphatic carbocycles. The van der Waals surface area contributed by atoms with Crippen LogP contribution in [-0.2, 0) is 0 Å². The normalized spacial score (nSPS) is 24.4. The van der Waals surface area contributed by atoms with Crippen LogP contribution in [0, 0.1) is 11.6 Å². The van der Waals surface area contributed by atoms with Crippen LogP contribution in [0.1, 0.15) is 34.1 Å². The number of thioether (sulfide) groups is 2. The van der Waals surface area contributed by atoms with Crippen LogP contribution in [-0.4, -0.2) is 0 Å². The fourth-order valence-corrected chi connectivity index (χ4v) is 6.61. The minimum Gasteiger partial charge on any atom is -0.206 e. The molecule has 2 aromatic rings. The number of fused-ring (bicyclic) bond motifs is 6. The largest absolute Gasteiger partial charge is 0.206 e. The molecular weight excluding hydrogens is 366 g/mol. The molecule has 0 spiro atoms. The van der Waals surface area contributed by atoms with Crippen LogP contribution in [0.5, 0.6) is 0 Å². The molecule has 2 atom stereocenters. The van der Waals surface area contributed by atoms with Gasteiger partial charge < -0.3 is 0 Å². The molecule has 2 aromatic carbocycles. The molecule has 126 valence electrons. The summed E-state index contributed by atoms with van der Waals surface area (Å²) in [6, 6.07) is 10.5. The average Bonchev–Trinajstić information content (AvgIpc) is 3.36. The summed E-state index contributed by atoms with van der Waals surface area (Å²) in [5, 5.41) is 4.13. The van der Waals surface area contributed by atoms with Gasteiger partial charge in [0.15, 0.2) is 0 Å². The van der Waals surface area contributed by atoms with Crippen molar-refractivity contribution in [2.24, 2.45) is 0 Å². The molecule has 2 heterocycles. The minimum atomic E-state index is -0.223. The second-order valence-corrected chi connectivity index (χ2v) is 8.63. The van der Waals surface area contributed by atoms with E-state index in [1.807, 2.05) is 12.1 Å². The number of hydrogen-bond donors (Lipinski definition) is 0. The quantitative estimate of drug-likeness (QED) is 0.535. The Labute approximate surface area is 158 Å². The summed E-state index contributed by atoms with van der Waals surface area (Å²) >= 11 is 3.27. The molecule has 0 bridgehead atoms. The Balaban J connectivity index is 1.71. The van der Waals surface area contributed by atoms with Crippen molar-refractivity contribution in [3.63, 3.8) is 0 Å². The van der Waals surface area contributed by atoms with Gasteiger partial charge in [0.05, 0.1) is 0 Å². The van der Waals surface area contributed by atoms with Gasteiger partial charge >= 0.3 is 0 Å². The minimum absolute atomic E-state index is 0.0856. The molecule has 0 saturated heterocycles. The average molecular weight is 378 g/mol. The number of rotatable bonds is 1. The Morgan fingerprint density at radius 2 is 1.12 bits per heavy atom. The van der Waals surface area contributed by atoms with Crippen molar-refractivity contribution >= 4 is 34.7 Å². The van der Waals surface area contributed by atoms with Gasteiger partial charge in [0.2, 0.25) is 0 Å². The Morgan fingerprint density at radius 1 is 0.654 bits per heavy atom. The zero-order valence-corrected chi connectivity index (χ0v) is 15.1. The highest BCUT2D eigenvalue weighted by Crippen LogP contribution is 2.62. The molecule has 0 radical (unpaired) electrons. The molecule has 2 aliphatic heterocycles. The summed E-state index contributed by atoms with van der Waals surface area (Å²) in [5.74, 6) is -0.275. The van der Waals surface area contributed by atoms with E-state index in [4.69, 9.17) is 0 Å². The summed E-state index contributed by atoms with van der Waals surface area (Å²) < 4.78 is 29.8. The smallest absolute Gasteiger partial charge is 0.131 e. The van der Waals surface area contributed by atoms with Gasteiger partial charge in [-0.1, -0.05) is 36.4 Å². The molecule has 2 unspecified atom stereocenters. The van der Waals surface area contributed by atoms with Crippen LogP contribution in [0.15, 0.2) is 69.2 Å². The Hall–Kier alpha value is -2.04. The first-order valence-electron chi connectivity index (χ1n) is 8.48. The van der Waals surface area contributed by atoms with Crippen molar-refractivity contribution in [3.8, 4) is 0 Å². The number of hydrogen-bond acceptors (Lipinski definition) is 2. The fourth-order valence-electron chi connectivity index (χ4n) is 4.49. The lowest BCUT2D eigenvalue weighted by Crippen LogP contribution is -1.97. The zero-order valence-electron chi connectivity index (χ0n) is 13.5. The SMILES string of the molecule is Fc1cccc2c1C(C1=C3SC=CC3c3cccc(F)c31)=C1SC=CC12. The van der Waals surface area contributed by atoms with Crippen molar-refractivity contribution in [3.05, 3.63) is 103 Å². The maximum atomic E-state index is 14.9. The maximum absolute atomic E-state index is 14.9. The third-order valence-electron chi connectivity index (χ3n) is 5.50. The van der Waals surface area contributed by atoms with Gasteiger partial charge in [0.25, 0.3) is 0 Å². The third kappa shape index (κ3) is 1.76. The van der Waals surface area contributed by atoms with E-state index >= 15 is 0 Å². The molecule has 4 heteroatoms. The van der Waals surface area contributed by atoms with Gasteiger partial charge in [-0.15, -0.1) is 23.5 Å². The highest BCUT2D eigenvalue weighted by atomic mass is 32.2. The molecule has 6 rings (SSSR count). The van der Waals surface area contributed by atoms with E-state index in [0.717, 1.165) is 32.1 Å². The van der Waals surface area contributed by atoms with Crippen molar-refractivity contribution < 1.29 is 8.78 Å². The first-order valence-corrected chi connectivity index (χ1v) is 10.2. The molecule has 0 amide bonds.